The summed E-state index contributed by atoms with van der Waals surface area (Å²) < 4.78 is 7.69. The van der Waals surface area contributed by atoms with Gasteiger partial charge in [-0.25, -0.2) is 4.98 Å². The second-order valence-corrected chi connectivity index (χ2v) is 9.19. The summed E-state index contributed by atoms with van der Waals surface area (Å²) in [5, 5.41) is 12.3. The fraction of sp³-hybridized carbons (Fsp3) is 0.227. The van der Waals surface area contributed by atoms with Crippen LogP contribution in [0.2, 0.25) is 5.02 Å². The first kappa shape index (κ1) is 21.5. The number of thiazole rings is 1. The number of nitrogens with one attached hydrogen (secondary N) is 1. The van der Waals surface area contributed by atoms with E-state index in [1.807, 2.05) is 66.7 Å². The lowest BCUT2D eigenvalue weighted by molar-refractivity contribution is 0.103. The number of carbonyl (C=O) groups excluding carboxylic acids is 1. The Morgan fingerprint density at radius 2 is 2.06 bits per heavy atom. The molecular weight excluding hydrogens is 452 g/mol. The van der Waals surface area contributed by atoms with Gasteiger partial charge in [0.25, 0.3) is 5.91 Å². The monoisotopic (exact) mass is 472 g/mol. The van der Waals surface area contributed by atoms with Crippen LogP contribution >= 0.6 is 34.3 Å². The van der Waals surface area contributed by atoms with Gasteiger partial charge in [0.05, 0.1) is 21.3 Å². The van der Waals surface area contributed by atoms with Crippen molar-refractivity contribution >= 4 is 45.3 Å². The number of hydrogen-bond donors (Lipinski definition) is 1. The molecule has 0 aliphatic rings. The molecule has 1 N–H and O–H groups in total. The first-order valence-electron chi connectivity index (χ1n) is 9.70. The predicted molar refractivity (Wildman–Crippen MR) is 127 cm³/mol. The van der Waals surface area contributed by atoms with Gasteiger partial charge in [0.2, 0.25) is 0 Å². The zero-order chi connectivity index (χ0) is 22.0. The molecule has 9 heteroatoms. The third kappa shape index (κ3) is 4.98. The predicted octanol–water partition coefficient (Wildman–Crippen LogP) is 6.19. The number of hydrogen-bond acceptors (Lipinski definition) is 6. The number of carbonyl (C=O) groups is 1. The summed E-state index contributed by atoms with van der Waals surface area (Å²) in [6.07, 6.45) is 1.97. The average molecular weight is 473 g/mol. The van der Waals surface area contributed by atoms with Crippen molar-refractivity contribution < 1.29 is 9.53 Å². The molecule has 1 amide bonds. The fourth-order valence-electron chi connectivity index (χ4n) is 3.00. The molecule has 0 spiro atoms. The van der Waals surface area contributed by atoms with Gasteiger partial charge in [-0.3, -0.25) is 14.8 Å². The van der Waals surface area contributed by atoms with Crippen molar-refractivity contribution in [1.82, 2.24) is 14.8 Å². The van der Waals surface area contributed by atoms with Crippen molar-refractivity contribution in [3.8, 4) is 17.0 Å². The van der Waals surface area contributed by atoms with Crippen molar-refractivity contribution in [3.63, 3.8) is 0 Å². The van der Waals surface area contributed by atoms with E-state index in [0.717, 1.165) is 34.6 Å². The summed E-state index contributed by atoms with van der Waals surface area (Å²) in [7, 11) is 0. The molecule has 31 heavy (non-hydrogen) atoms. The van der Waals surface area contributed by atoms with Crippen LogP contribution in [-0.2, 0) is 13.2 Å². The molecule has 0 atom stereocenters. The van der Waals surface area contributed by atoms with E-state index in [1.54, 1.807) is 0 Å². The van der Waals surface area contributed by atoms with Gasteiger partial charge in [0, 0.05) is 29.2 Å². The first-order valence-corrected chi connectivity index (χ1v) is 11.8. The van der Waals surface area contributed by atoms with Crippen LogP contribution < -0.4 is 10.1 Å². The van der Waals surface area contributed by atoms with Crippen molar-refractivity contribution in [3.05, 3.63) is 67.9 Å². The highest BCUT2D eigenvalue weighted by Crippen LogP contribution is 2.29. The molecule has 0 bridgehead atoms. The minimum Gasteiger partial charge on any atom is -0.487 e. The molecule has 3 heterocycles. The molecule has 0 saturated heterocycles. The lowest BCUT2D eigenvalue weighted by Crippen LogP contribution is -2.09. The summed E-state index contributed by atoms with van der Waals surface area (Å²) in [6.45, 7) is 7.12. The third-order valence-electron chi connectivity index (χ3n) is 4.63. The van der Waals surface area contributed by atoms with Gasteiger partial charge in [0.1, 0.15) is 12.4 Å². The van der Waals surface area contributed by atoms with E-state index in [1.165, 1.54) is 22.7 Å². The maximum absolute atomic E-state index is 12.7. The minimum atomic E-state index is -0.188. The highest BCUT2D eigenvalue weighted by Gasteiger charge is 2.15. The van der Waals surface area contributed by atoms with Gasteiger partial charge < -0.3 is 4.74 Å². The molecule has 0 aliphatic heterocycles. The number of anilines is 1. The molecular formula is C22H21ClN4O2S2. The second-order valence-electron chi connectivity index (χ2n) is 7.02. The summed E-state index contributed by atoms with van der Waals surface area (Å²) >= 11 is 8.94. The molecule has 0 fully saturated rings. The van der Waals surface area contributed by atoms with Crippen molar-refractivity contribution in [2.45, 2.75) is 33.9 Å². The van der Waals surface area contributed by atoms with Gasteiger partial charge in [-0.1, -0.05) is 17.7 Å². The van der Waals surface area contributed by atoms with Crippen LogP contribution in [0.1, 0.15) is 33.4 Å². The number of halogens is 1. The molecule has 0 radical (unpaired) electrons. The number of thiophene rings is 1. The molecule has 0 unspecified atom stereocenters. The standard InChI is InChI=1S/C22H21ClN4O2S2/c1-4-27-9-16(14(3)26-27)18-12-31-22(24-18)25-21(28)20-8-15(11-30-20)10-29-19-7-13(2)5-6-17(19)23/h5-9,11-12H,4,10H2,1-3H3,(H,24,25,28). The van der Waals surface area contributed by atoms with Crippen molar-refractivity contribution in [2.24, 2.45) is 0 Å². The Morgan fingerprint density at radius 1 is 1.23 bits per heavy atom. The van der Waals surface area contributed by atoms with E-state index >= 15 is 0 Å². The normalized spacial score (nSPS) is 11.0. The highest BCUT2D eigenvalue weighted by molar-refractivity contribution is 7.14. The third-order valence-corrected chi connectivity index (χ3v) is 6.68. The average Bonchev–Trinajstić information content (AvgIpc) is 3.48. The molecule has 1 aromatic carbocycles. The molecule has 160 valence electrons. The Morgan fingerprint density at radius 3 is 2.84 bits per heavy atom. The summed E-state index contributed by atoms with van der Waals surface area (Å²) in [5.74, 6) is 0.447. The van der Waals surface area contributed by atoms with E-state index < -0.39 is 0 Å². The molecule has 0 aliphatic carbocycles. The molecule has 0 saturated carbocycles. The lowest BCUT2D eigenvalue weighted by atomic mass is 10.2. The second kappa shape index (κ2) is 9.21. The van der Waals surface area contributed by atoms with Gasteiger partial charge >= 0.3 is 0 Å². The molecule has 3 aromatic heterocycles. The van der Waals surface area contributed by atoms with Crippen LogP contribution in [0.25, 0.3) is 11.3 Å². The fourth-order valence-corrected chi connectivity index (χ4v) is 4.67. The van der Waals surface area contributed by atoms with E-state index in [4.69, 9.17) is 16.3 Å². The topological polar surface area (TPSA) is 69.0 Å². The number of ether oxygens (including phenoxy) is 1. The Hall–Kier alpha value is -2.68. The van der Waals surface area contributed by atoms with E-state index in [2.05, 4.69) is 15.4 Å². The van der Waals surface area contributed by atoms with Gasteiger partial charge in [0.15, 0.2) is 5.13 Å². The maximum atomic E-state index is 12.7. The van der Waals surface area contributed by atoms with Gasteiger partial charge in [-0.15, -0.1) is 22.7 Å². The van der Waals surface area contributed by atoms with Crippen LogP contribution in [-0.4, -0.2) is 20.7 Å². The number of aryl methyl sites for hydroxylation is 3. The van der Waals surface area contributed by atoms with Crippen LogP contribution in [0.4, 0.5) is 5.13 Å². The van der Waals surface area contributed by atoms with Gasteiger partial charge in [-0.05, 0) is 49.9 Å². The summed E-state index contributed by atoms with van der Waals surface area (Å²) in [6, 6.07) is 7.47. The summed E-state index contributed by atoms with van der Waals surface area (Å²) in [4.78, 5) is 17.8. The first-order chi connectivity index (χ1) is 14.9. The van der Waals surface area contributed by atoms with Crippen LogP contribution in [0.3, 0.4) is 0 Å². The lowest BCUT2D eigenvalue weighted by Gasteiger charge is -2.07. The van der Waals surface area contributed by atoms with Crippen molar-refractivity contribution in [1.29, 1.82) is 0 Å². The van der Waals surface area contributed by atoms with Crippen molar-refractivity contribution in [2.75, 3.05) is 5.32 Å². The number of benzene rings is 1. The molecule has 4 aromatic rings. The SMILES string of the molecule is CCn1cc(-c2csc(NC(=O)c3cc(COc4cc(C)ccc4Cl)cs3)n2)c(C)n1. The quantitative estimate of drug-likeness (QED) is 0.348. The smallest absolute Gasteiger partial charge is 0.267 e. The highest BCUT2D eigenvalue weighted by atomic mass is 35.5. The molecule has 4 rings (SSSR count). The Balaban J connectivity index is 1.39. The number of aromatic nitrogens is 3. The van der Waals surface area contributed by atoms with Crippen LogP contribution in [0, 0.1) is 13.8 Å². The van der Waals surface area contributed by atoms with E-state index in [-0.39, 0.29) is 5.91 Å². The number of nitrogens with zero attached hydrogens (tertiary/aromatic N) is 3. The zero-order valence-electron chi connectivity index (χ0n) is 17.3. The van der Waals surface area contributed by atoms with Crippen LogP contribution in [0.15, 0.2) is 41.2 Å². The Labute approximate surface area is 193 Å². The number of amides is 1. The zero-order valence-corrected chi connectivity index (χ0v) is 19.7. The Bertz CT molecular complexity index is 1230. The summed E-state index contributed by atoms with van der Waals surface area (Å²) in [5.41, 5.74) is 4.69. The van der Waals surface area contributed by atoms with Crippen LogP contribution in [0.5, 0.6) is 5.75 Å². The van der Waals surface area contributed by atoms with Gasteiger partial charge in [-0.2, -0.15) is 5.10 Å². The maximum Gasteiger partial charge on any atom is 0.267 e. The van der Waals surface area contributed by atoms with E-state index in [0.29, 0.717) is 27.4 Å². The number of rotatable bonds is 7. The minimum absolute atomic E-state index is 0.188. The molecule has 6 nitrogen and oxygen atoms in total. The largest absolute Gasteiger partial charge is 0.487 e. The van der Waals surface area contributed by atoms with E-state index in [9.17, 15) is 4.79 Å². The Kier molecular flexibility index (Phi) is 6.41.